The highest BCUT2D eigenvalue weighted by Crippen LogP contribution is 2.35. The Morgan fingerprint density at radius 3 is 3.00 bits per heavy atom. The first-order valence-corrected chi connectivity index (χ1v) is 7.23. The molecule has 18 heavy (non-hydrogen) atoms. The van der Waals surface area contributed by atoms with E-state index < -0.39 is 0 Å². The quantitative estimate of drug-likeness (QED) is 0.774. The minimum absolute atomic E-state index is 0.121. The SMILES string of the molecule is OCCc1nc(-c2c[nH]c3ccccc23)sc1Br. The van der Waals surface area contributed by atoms with Crippen molar-refractivity contribution >= 4 is 38.2 Å². The van der Waals surface area contributed by atoms with Crippen molar-refractivity contribution in [1.82, 2.24) is 9.97 Å². The van der Waals surface area contributed by atoms with Crippen LogP contribution >= 0.6 is 27.3 Å². The molecular weight excluding hydrogens is 312 g/mol. The molecule has 0 fully saturated rings. The lowest BCUT2D eigenvalue weighted by Gasteiger charge is -1.93. The standard InChI is InChI=1S/C13H11BrN2OS/c14-12-11(5-6-17)16-13(18-12)9-7-15-10-4-2-1-3-8(9)10/h1-4,7,15,17H,5-6H2. The topological polar surface area (TPSA) is 48.9 Å². The molecule has 0 saturated carbocycles. The summed E-state index contributed by atoms with van der Waals surface area (Å²) in [5.74, 6) is 0. The zero-order chi connectivity index (χ0) is 12.5. The van der Waals surface area contributed by atoms with E-state index in [4.69, 9.17) is 5.11 Å². The lowest BCUT2D eigenvalue weighted by atomic mass is 10.2. The molecule has 0 bridgehead atoms. The molecule has 3 aromatic rings. The van der Waals surface area contributed by atoms with Gasteiger partial charge in [-0.25, -0.2) is 4.98 Å². The van der Waals surface area contributed by atoms with Crippen molar-refractivity contribution < 1.29 is 5.11 Å². The van der Waals surface area contributed by atoms with Crippen molar-refractivity contribution in [2.75, 3.05) is 6.61 Å². The van der Waals surface area contributed by atoms with Crippen LogP contribution in [0.4, 0.5) is 0 Å². The smallest absolute Gasteiger partial charge is 0.126 e. The summed E-state index contributed by atoms with van der Waals surface area (Å²) in [6, 6.07) is 8.17. The van der Waals surface area contributed by atoms with Gasteiger partial charge in [-0.2, -0.15) is 0 Å². The monoisotopic (exact) mass is 322 g/mol. The molecule has 0 spiro atoms. The molecule has 0 unspecified atom stereocenters. The third-order valence-corrected chi connectivity index (χ3v) is 4.68. The molecule has 5 heteroatoms. The second-order valence-corrected chi connectivity index (χ2v) is 6.28. The summed E-state index contributed by atoms with van der Waals surface area (Å²) in [6.45, 7) is 0.121. The Balaban J connectivity index is 2.11. The number of thiazole rings is 1. The zero-order valence-electron chi connectivity index (χ0n) is 9.48. The molecule has 0 saturated heterocycles. The number of halogens is 1. The van der Waals surface area contributed by atoms with Crippen LogP contribution in [0.25, 0.3) is 21.5 Å². The zero-order valence-corrected chi connectivity index (χ0v) is 11.9. The fraction of sp³-hybridized carbons (Fsp3) is 0.154. The van der Waals surface area contributed by atoms with Gasteiger partial charge in [0.25, 0.3) is 0 Å². The summed E-state index contributed by atoms with van der Waals surface area (Å²) in [6.07, 6.45) is 2.57. The van der Waals surface area contributed by atoms with Crippen LogP contribution in [-0.4, -0.2) is 21.7 Å². The number of aliphatic hydroxyl groups is 1. The number of rotatable bonds is 3. The van der Waals surface area contributed by atoms with Crippen LogP contribution in [0.3, 0.4) is 0 Å². The summed E-state index contributed by atoms with van der Waals surface area (Å²) in [4.78, 5) is 7.83. The van der Waals surface area contributed by atoms with Crippen molar-refractivity contribution in [3.63, 3.8) is 0 Å². The van der Waals surface area contributed by atoms with E-state index in [0.29, 0.717) is 6.42 Å². The van der Waals surface area contributed by atoms with E-state index in [1.807, 2.05) is 18.3 Å². The molecule has 3 nitrogen and oxygen atoms in total. The Hall–Kier alpha value is -1.17. The van der Waals surface area contributed by atoms with E-state index >= 15 is 0 Å². The Bertz CT molecular complexity index is 689. The van der Waals surface area contributed by atoms with Crippen LogP contribution < -0.4 is 0 Å². The van der Waals surface area contributed by atoms with Gasteiger partial charge in [0.15, 0.2) is 0 Å². The number of aromatic amines is 1. The average molecular weight is 323 g/mol. The second-order valence-electron chi connectivity index (χ2n) is 3.96. The average Bonchev–Trinajstić information content (AvgIpc) is 2.94. The summed E-state index contributed by atoms with van der Waals surface area (Å²) in [7, 11) is 0. The van der Waals surface area contributed by atoms with Gasteiger partial charge in [0.1, 0.15) is 5.01 Å². The molecule has 2 aromatic heterocycles. The van der Waals surface area contributed by atoms with Gasteiger partial charge < -0.3 is 10.1 Å². The lowest BCUT2D eigenvalue weighted by molar-refractivity contribution is 0.298. The first-order chi connectivity index (χ1) is 8.79. The van der Waals surface area contributed by atoms with Gasteiger partial charge in [0.2, 0.25) is 0 Å². The van der Waals surface area contributed by atoms with E-state index in [0.717, 1.165) is 25.6 Å². The number of nitrogens with one attached hydrogen (secondary N) is 1. The van der Waals surface area contributed by atoms with Gasteiger partial charge in [0, 0.05) is 35.7 Å². The fourth-order valence-electron chi connectivity index (χ4n) is 1.96. The number of para-hydroxylation sites is 1. The fourth-order valence-corrected chi connectivity index (χ4v) is 3.57. The predicted octanol–water partition coefficient (Wildman–Crippen LogP) is 3.59. The number of fused-ring (bicyclic) bond motifs is 1. The maximum Gasteiger partial charge on any atom is 0.126 e. The van der Waals surface area contributed by atoms with Gasteiger partial charge in [-0.1, -0.05) is 18.2 Å². The molecule has 0 aliphatic carbocycles. The molecule has 0 aliphatic heterocycles. The number of benzene rings is 1. The van der Waals surface area contributed by atoms with Crippen molar-refractivity contribution in [2.24, 2.45) is 0 Å². The molecule has 92 valence electrons. The van der Waals surface area contributed by atoms with Crippen LogP contribution in [0.5, 0.6) is 0 Å². The summed E-state index contributed by atoms with van der Waals surface area (Å²) in [5.41, 5.74) is 3.14. The minimum Gasteiger partial charge on any atom is -0.396 e. The van der Waals surface area contributed by atoms with Crippen molar-refractivity contribution in [3.8, 4) is 10.6 Å². The summed E-state index contributed by atoms with van der Waals surface area (Å²) >= 11 is 5.10. The highest BCUT2D eigenvalue weighted by atomic mass is 79.9. The maximum absolute atomic E-state index is 8.99. The molecule has 0 radical (unpaired) electrons. The first-order valence-electron chi connectivity index (χ1n) is 5.62. The van der Waals surface area contributed by atoms with Crippen LogP contribution in [-0.2, 0) is 6.42 Å². The van der Waals surface area contributed by atoms with Crippen LogP contribution in [0, 0.1) is 0 Å². The van der Waals surface area contributed by atoms with Gasteiger partial charge in [0.05, 0.1) is 9.48 Å². The molecule has 0 atom stereocenters. The van der Waals surface area contributed by atoms with E-state index in [1.54, 1.807) is 11.3 Å². The number of H-pyrrole nitrogens is 1. The van der Waals surface area contributed by atoms with Crippen molar-refractivity contribution in [1.29, 1.82) is 0 Å². The normalized spacial score (nSPS) is 11.2. The van der Waals surface area contributed by atoms with Crippen LogP contribution in [0.1, 0.15) is 5.69 Å². The first kappa shape index (κ1) is 11.9. The Morgan fingerprint density at radius 2 is 2.17 bits per heavy atom. The molecule has 2 heterocycles. The van der Waals surface area contributed by atoms with E-state index in [2.05, 4.69) is 38.0 Å². The Kier molecular flexibility index (Phi) is 3.20. The van der Waals surface area contributed by atoms with Gasteiger partial charge in [-0.05, 0) is 22.0 Å². The third kappa shape index (κ3) is 1.98. The highest BCUT2D eigenvalue weighted by molar-refractivity contribution is 9.11. The maximum atomic E-state index is 8.99. The number of aromatic nitrogens is 2. The summed E-state index contributed by atoms with van der Waals surface area (Å²) < 4.78 is 0.997. The lowest BCUT2D eigenvalue weighted by Crippen LogP contribution is -1.91. The largest absolute Gasteiger partial charge is 0.396 e. The third-order valence-electron chi connectivity index (χ3n) is 2.82. The second kappa shape index (κ2) is 4.84. The number of nitrogens with zero attached hydrogens (tertiary/aromatic N) is 1. The van der Waals surface area contributed by atoms with Crippen LogP contribution in [0.15, 0.2) is 34.2 Å². The molecule has 2 N–H and O–H groups in total. The predicted molar refractivity (Wildman–Crippen MR) is 77.9 cm³/mol. The van der Waals surface area contributed by atoms with E-state index in [-0.39, 0.29) is 6.61 Å². The Labute approximate surface area is 117 Å². The highest BCUT2D eigenvalue weighted by Gasteiger charge is 2.13. The molecule has 1 aromatic carbocycles. The molecule has 0 aliphatic rings. The molecular formula is C13H11BrN2OS. The molecule has 3 rings (SSSR count). The number of hydrogen-bond donors (Lipinski definition) is 2. The van der Waals surface area contributed by atoms with Crippen molar-refractivity contribution in [3.05, 3.63) is 39.9 Å². The minimum atomic E-state index is 0.121. The number of aliphatic hydroxyl groups excluding tert-OH is 1. The van der Waals surface area contributed by atoms with E-state index in [9.17, 15) is 0 Å². The van der Waals surface area contributed by atoms with Crippen LogP contribution in [0.2, 0.25) is 0 Å². The summed E-state index contributed by atoms with van der Waals surface area (Å²) in [5, 5.41) is 11.1. The van der Waals surface area contributed by atoms with Gasteiger partial charge in [-0.3, -0.25) is 0 Å². The number of hydrogen-bond acceptors (Lipinski definition) is 3. The van der Waals surface area contributed by atoms with Gasteiger partial charge in [-0.15, -0.1) is 11.3 Å². The van der Waals surface area contributed by atoms with E-state index in [1.165, 1.54) is 5.39 Å². The van der Waals surface area contributed by atoms with Crippen molar-refractivity contribution in [2.45, 2.75) is 6.42 Å². The Morgan fingerprint density at radius 1 is 1.33 bits per heavy atom. The molecule has 0 amide bonds. The van der Waals surface area contributed by atoms with Gasteiger partial charge >= 0.3 is 0 Å².